The van der Waals surface area contributed by atoms with Gasteiger partial charge >= 0.3 is 0 Å². The first-order valence-corrected chi connectivity index (χ1v) is 7.41. The number of likely N-dealkylation sites (N-methyl/N-ethyl adjacent to an activating group) is 1. The summed E-state index contributed by atoms with van der Waals surface area (Å²) in [5.41, 5.74) is 3.98. The van der Waals surface area contributed by atoms with Gasteiger partial charge in [-0.1, -0.05) is 50.2 Å². The minimum Gasteiger partial charge on any atom is -0.367 e. The monoisotopic (exact) mass is 278 g/mol. The predicted octanol–water partition coefficient (Wildman–Crippen LogP) is 4.41. The highest BCUT2D eigenvalue weighted by molar-refractivity contribution is 5.64. The first kappa shape index (κ1) is 13.7. The SMILES string of the molecule is CN1c2ccccc2C(C)(C)[C@H]1/C=C/Nc1ccccc1. The molecule has 1 aliphatic heterocycles. The van der Waals surface area contributed by atoms with Crippen LogP contribution >= 0.6 is 0 Å². The number of anilines is 2. The molecule has 2 heteroatoms. The number of benzene rings is 2. The molecule has 0 aliphatic carbocycles. The van der Waals surface area contributed by atoms with E-state index in [1.54, 1.807) is 0 Å². The van der Waals surface area contributed by atoms with Crippen molar-refractivity contribution in [3.8, 4) is 0 Å². The molecular formula is C19H22N2. The van der Waals surface area contributed by atoms with Gasteiger partial charge in [0.25, 0.3) is 0 Å². The second-order valence-corrected chi connectivity index (χ2v) is 6.16. The van der Waals surface area contributed by atoms with E-state index in [9.17, 15) is 0 Å². The third-order valence-corrected chi connectivity index (χ3v) is 4.44. The van der Waals surface area contributed by atoms with Crippen LogP contribution in [0.3, 0.4) is 0 Å². The third kappa shape index (κ3) is 2.42. The molecule has 0 unspecified atom stereocenters. The molecule has 0 saturated heterocycles. The van der Waals surface area contributed by atoms with Crippen molar-refractivity contribution in [1.82, 2.24) is 0 Å². The summed E-state index contributed by atoms with van der Waals surface area (Å²) < 4.78 is 0. The molecule has 2 nitrogen and oxygen atoms in total. The van der Waals surface area contributed by atoms with E-state index in [1.807, 2.05) is 18.2 Å². The van der Waals surface area contributed by atoms with Crippen LogP contribution in [0.4, 0.5) is 11.4 Å². The molecule has 0 radical (unpaired) electrons. The summed E-state index contributed by atoms with van der Waals surface area (Å²) in [6, 6.07) is 19.3. The summed E-state index contributed by atoms with van der Waals surface area (Å²) >= 11 is 0. The quantitative estimate of drug-likeness (QED) is 0.894. The van der Waals surface area contributed by atoms with Gasteiger partial charge in [0, 0.05) is 23.8 Å². The first-order valence-electron chi connectivity index (χ1n) is 7.41. The van der Waals surface area contributed by atoms with Gasteiger partial charge < -0.3 is 10.2 Å². The highest BCUT2D eigenvalue weighted by Gasteiger charge is 2.41. The Hall–Kier alpha value is -2.22. The molecule has 1 N–H and O–H groups in total. The number of para-hydroxylation sites is 2. The molecule has 0 spiro atoms. The van der Waals surface area contributed by atoms with Crippen LogP contribution in [0.5, 0.6) is 0 Å². The van der Waals surface area contributed by atoms with Crippen molar-refractivity contribution in [3.63, 3.8) is 0 Å². The summed E-state index contributed by atoms with van der Waals surface area (Å²) in [7, 11) is 2.17. The van der Waals surface area contributed by atoms with Crippen molar-refractivity contribution < 1.29 is 0 Å². The van der Waals surface area contributed by atoms with Gasteiger partial charge in [0.15, 0.2) is 0 Å². The van der Waals surface area contributed by atoms with E-state index in [0.29, 0.717) is 6.04 Å². The molecule has 1 atom stereocenters. The van der Waals surface area contributed by atoms with Gasteiger partial charge in [-0.3, -0.25) is 0 Å². The zero-order valence-electron chi connectivity index (χ0n) is 12.9. The lowest BCUT2D eigenvalue weighted by molar-refractivity contribution is 0.487. The van der Waals surface area contributed by atoms with Crippen molar-refractivity contribution in [1.29, 1.82) is 0 Å². The average molecular weight is 278 g/mol. The van der Waals surface area contributed by atoms with Gasteiger partial charge in [-0.25, -0.2) is 0 Å². The normalized spacial score (nSPS) is 19.8. The van der Waals surface area contributed by atoms with Crippen molar-refractivity contribution in [2.45, 2.75) is 25.3 Å². The average Bonchev–Trinajstić information content (AvgIpc) is 2.70. The molecular weight excluding hydrogens is 256 g/mol. The fourth-order valence-corrected chi connectivity index (χ4v) is 3.26. The van der Waals surface area contributed by atoms with Gasteiger partial charge in [-0.2, -0.15) is 0 Å². The van der Waals surface area contributed by atoms with Crippen molar-refractivity contribution in [2.24, 2.45) is 0 Å². The van der Waals surface area contributed by atoms with Crippen LogP contribution in [-0.4, -0.2) is 13.1 Å². The first-order chi connectivity index (χ1) is 10.1. The number of hydrogen-bond donors (Lipinski definition) is 1. The van der Waals surface area contributed by atoms with Crippen molar-refractivity contribution >= 4 is 11.4 Å². The number of hydrogen-bond acceptors (Lipinski definition) is 2. The van der Waals surface area contributed by atoms with E-state index in [4.69, 9.17) is 0 Å². The van der Waals surface area contributed by atoms with Crippen LogP contribution in [0.15, 0.2) is 66.9 Å². The lowest BCUT2D eigenvalue weighted by atomic mass is 9.80. The minimum atomic E-state index is 0.111. The Bertz CT molecular complexity index is 644. The topological polar surface area (TPSA) is 15.3 Å². The molecule has 108 valence electrons. The maximum atomic E-state index is 3.35. The molecule has 1 aliphatic rings. The fourth-order valence-electron chi connectivity index (χ4n) is 3.26. The highest BCUT2D eigenvalue weighted by Crippen LogP contribution is 2.44. The van der Waals surface area contributed by atoms with E-state index in [-0.39, 0.29) is 5.41 Å². The van der Waals surface area contributed by atoms with Crippen molar-refractivity contribution in [3.05, 3.63) is 72.4 Å². The molecule has 0 fully saturated rings. The van der Waals surface area contributed by atoms with Crippen LogP contribution in [0.2, 0.25) is 0 Å². The van der Waals surface area contributed by atoms with Crippen LogP contribution in [-0.2, 0) is 5.41 Å². The largest absolute Gasteiger partial charge is 0.367 e. The Morgan fingerprint density at radius 2 is 1.67 bits per heavy atom. The van der Waals surface area contributed by atoms with Crippen LogP contribution in [0, 0.1) is 0 Å². The van der Waals surface area contributed by atoms with E-state index in [0.717, 1.165) is 5.69 Å². The molecule has 3 rings (SSSR count). The second kappa shape index (κ2) is 5.28. The summed E-state index contributed by atoms with van der Waals surface area (Å²) in [5, 5.41) is 3.35. The Morgan fingerprint density at radius 3 is 2.38 bits per heavy atom. The van der Waals surface area contributed by atoms with E-state index in [1.165, 1.54) is 11.3 Å². The summed E-state index contributed by atoms with van der Waals surface area (Å²) in [6.45, 7) is 4.62. The summed E-state index contributed by atoms with van der Waals surface area (Å²) in [4.78, 5) is 2.36. The second-order valence-electron chi connectivity index (χ2n) is 6.16. The maximum absolute atomic E-state index is 3.35. The number of nitrogens with zero attached hydrogens (tertiary/aromatic N) is 1. The van der Waals surface area contributed by atoms with E-state index in [2.05, 4.69) is 79.8 Å². The number of nitrogens with one attached hydrogen (secondary N) is 1. The molecule has 21 heavy (non-hydrogen) atoms. The van der Waals surface area contributed by atoms with Crippen LogP contribution in [0.1, 0.15) is 19.4 Å². The molecule has 0 amide bonds. The fraction of sp³-hybridized carbons (Fsp3) is 0.263. The molecule has 2 aromatic carbocycles. The Balaban J connectivity index is 1.81. The Kier molecular flexibility index (Phi) is 3.46. The summed E-state index contributed by atoms with van der Waals surface area (Å²) in [6.07, 6.45) is 4.32. The third-order valence-electron chi connectivity index (χ3n) is 4.44. The Morgan fingerprint density at radius 1 is 1.00 bits per heavy atom. The lowest BCUT2D eigenvalue weighted by Gasteiger charge is -2.29. The van der Waals surface area contributed by atoms with Gasteiger partial charge in [0.2, 0.25) is 0 Å². The van der Waals surface area contributed by atoms with Crippen molar-refractivity contribution in [2.75, 3.05) is 17.3 Å². The van der Waals surface area contributed by atoms with Crippen LogP contribution < -0.4 is 10.2 Å². The molecule has 2 aromatic rings. The van der Waals surface area contributed by atoms with Gasteiger partial charge in [0.1, 0.15) is 0 Å². The smallest absolute Gasteiger partial charge is 0.0579 e. The predicted molar refractivity (Wildman–Crippen MR) is 90.9 cm³/mol. The standard InChI is InChI=1S/C19H22N2/c1-19(2)16-11-7-8-12-17(16)21(3)18(19)13-14-20-15-9-5-4-6-10-15/h4-14,18,20H,1-3H3/b14-13+/t18-/m1/s1. The van der Waals surface area contributed by atoms with E-state index < -0.39 is 0 Å². The molecule has 0 saturated carbocycles. The van der Waals surface area contributed by atoms with Gasteiger partial charge in [-0.15, -0.1) is 0 Å². The molecule has 1 heterocycles. The van der Waals surface area contributed by atoms with E-state index >= 15 is 0 Å². The zero-order valence-corrected chi connectivity index (χ0v) is 12.9. The molecule has 0 aromatic heterocycles. The molecule has 0 bridgehead atoms. The van der Waals surface area contributed by atoms with Gasteiger partial charge in [0.05, 0.1) is 6.04 Å². The minimum absolute atomic E-state index is 0.111. The lowest BCUT2D eigenvalue weighted by Crippen LogP contribution is -2.37. The zero-order chi connectivity index (χ0) is 14.9. The maximum Gasteiger partial charge on any atom is 0.0579 e. The van der Waals surface area contributed by atoms with Crippen LogP contribution in [0.25, 0.3) is 0 Å². The highest BCUT2D eigenvalue weighted by atomic mass is 15.2. The number of rotatable bonds is 3. The summed E-state index contributed by atoms with van der Waals surface area (Å²) in [5.74, 6) is 0. The Labute approximate surface area is 127 Å². The number of fused-ring (bicyclic) bond motifs is 1. The van der Waals surface area contributed by atoms with Gasteiger partial charge in [-0.05, 0) is 36.0 Å².